The normalized spacial score (nSPS) is 18.1. The Balaban J connectivity index is 1.73. The Bertz CT molecular complexity index is 665. The Morgan fingerprint density at radius 1 is 1.55 bits per heavy atom. The maximum absolute atomic E-state index is 12.6. The third kappa shape index (κ3) is 2.92. The van der Waals surface area contributed by atoms with Gasteiger partial charge in [0.05, 0.1) is 11.7 Å². The third-order valence-electron chi connectivity index (χ3n) is 4.27. The molecule has 1 aliphatic rings. The van der Waals surface area contributed by atoms with Gasteiger partial charge in [-0.05, 0) is 37.6 Å². The molecule has 2 aromatic rings. The first-order chi connectivity index (χ1) is 10.6. The monoisotopic (exact) mass is 337 g/mol. The Hall–Kier alpha value is -1.33. The SMILES string of the molecule is Cc1nn(C)c(Cl)c1C1CCCN1C(=O)CCc1cccs1. The van der Waals surface area contributed by atoms with Gasteiger partial charge in [-0.3, -0.25) is 9.48 Å². The number of amides is 1. The standard InChI is InChI=1S/C16H20ClN3OS/c1-11-15(16(17)19(2)18-11)13-6-3-9-20(13)14(21)8-7-12-5-4-10-22-12/h4-5,10,13H,3,6-9H2,1-2H3. The number of carbonyl (C=O) groups is 1. The van der Waals surface area contributed by atoms with Crippen molar-refractivity contribution in [1.29, 1.82) is 0 Å². The fourth-order valence-electron chi connectivity index (χ4n) is 3.22. The summed E-state index contributed by atoms with van der Waals surface area (Å²) in [6.45, 7) is 2.78. The van der Waals surface area contributed by atoms with Gasteiger partial charge in [-0.25, -0.2) is 0 Å². The van der Waals surface area contributed by atoms with Crippen LogP contribution in [0, 0.1) is 6.92 Å². The van der Waals surface area contributed by atoms with Crippen molar-refractivity contribution < 1.29 is 4.79 Å². The van der Waals surface area contributed by atoms with E-state index in [1.54, 1.807) is 16.0 Å². The second-order valence-corrected chi connectivity index (χ2v) is 7.13. The third-order valence-corrected chi connectivity index (χ3v) is 5.65. The highest BCUT2D eigenvalue weighted by molar-refractivity contribution is 7.09. The summed E-state index contributed by atoms with van der Waals surface area (Å²) >= 11 is 8.09. The Morgan fingerprint density at radius 3 is 3.00 bits per heavy atom. The van der Waals surface area contributed by atoms with Crippen LogP contribution in [0.2, 0.25) is 5.15 Å². The van der Waals surface area contributed by atoms with E-state index in [0.29, 0.717) is 11.6 Å². The average molecular weight is 338 g/mol. The van der Waals surface area contributed by atoms with Gasteiger partial charge in [0.15, 0.2) is 0 Å². The number of aromatic nitrogens is 2. The number of halogens is 1. The second-order valence-electron chi connectivity index (χ2n) is 5.74. The molecule has 0 radical (unpaired) electrons. The van der Waals surface area contributed by atoms with E-state index in [0.717, 1.165) is 37.1 Å². The molecule has 1 atom stereocenters. The van der Waals surface area contributed by atoms with Gasteiger partial charge in [-0.2, -0.15) is 5.10 Å². The van der Waals surface area contributed by atoms with Crippen molar-refractivity contribution in [3.8, 4) is 0 Å². The topological polar surface area (TPSA) is 38.1 Å². The molecule has 0 bridgehead atoms. The lowest BCUT2D eigenvalue weighted by Gasteiger charge is -2.25. The summed E-state index contributed by atoms with van der Waals surface area (Å²) in [5, 5.41) is 7.09. The maximum Gasteiger partial charge on any atom is 0.223 e. The van der Waals surface area contributed by atoms with Gasteiger partial charge >= 0.3 is 0 Å². The fourth-order valence-corrected chi connectivity index (χ4v) is 4.23. The van der Waals surface area contributed by atoms with Crippen LogP contribution in [-0.2, 0) is 18.3 Å². The molecule has 0 saturated carbocycles. The van der Waals surface area contributed by atoms with Gasteiger partial charge in [0.25, 0.3) is 0 Å². The van der Waals surface area contributed by atoms with Crippen LogP contribution < -0.4 is 0 Å². The molecular formula is C16H20ClN3OS. The van der Waals surface area contributed by atoms with Crippen LogP contribution in [0.25, 0.3) is 0 Å². The summed E-state index contributed by atoms with van der Waals surface area (Å²) in [4.78, 5) is 15.9. The van der Waals surface area contributed by atoms with E-state index in [-0.39, 0.29) is 11.9 Å². The zero-order valence-corrected chi connectivity index (χ0v) is 14.5. The number of carbonyl (C=O) groups excluding carboxylic acids is 1. The first-order valence-electron chi connectivity index (χ1n) is 7.58. The van der Waals surface area contributed by atoms with Crippen LogP contribution >= 0.6 is 22.9 Å². The van der Waals surface area contributed by atoms with Crippen LogP contribution in [0.5, 0.6) is 0 Å². The Morgan fingerprint density at radius 2 is 2.36 bits per heavy atom. The molecule has 3 rings (SSSR count). The number of rotatable bonds is 4. The quantitative estimate of drug-likeness (QED) is 0.852. The predicted octanol–water partition coefficient (Wildman–Crippen LogP) is 3.74. The predicted molar refractivity (Wildman–Crippen MR) is 89.3 cm³/mol. The lowest BCUT2D eigenvalue weighted by atomic mass is 10.1. The minimum atomic E-state index is 0.0806. The number of nitrogens with zero attached hydrogens (tertiary/aromatic N) is 3. The number of hydrogen-bond acceptors (Lipinski definition) is 3. The molecule has 6 heteroatoms. The summed E-state index contributed by atoms with van der Waals surface area (Å²) in [5.41, 5.74) is 1.95. The van der Waals surface area contributed by atoms with Gasteiger partial charge < -0.3 is 4.90 Å². The first kappa shape index (κ1) is 15.6. The van der Waals surface area contributed by atoms with E-state index in [2.05, 4.69) is 16.5 Å². The van der Waals surface area contributed by atoms with Crippen molar-refractivity contribution in [2.75, 3.05) is 6.54 Å². The molecule has 4 nitrogen and oxygen atoms in total. The zero-order chi connectivity index (χ0) is 15.7. The van der Waals surface area contributed by atoms with Crippen molar-refractivity contribution in [2.45, 2.75) is 38.6 Å². The van der Waals surface area contributed by atoms with Crippen LogP contribution in [-0.4, -0.2) is 27.1 Å². The molecule has 0 aromatic carbocycles. The molecular weight excluding hydrogens is 318 g/mol. The molecule has 1 saturated heterocycles. The molecule has 0 N–H and O–H groups in total. The molecule has 0 aliphatic carbocycles. The minimum Gasteiger partial charge on any atom is -0.335 e. The van der Waals surface area contributed by atoms with E-state index < -0.39 is 0 Å². The molecule has 1 amide bonds. The molecule has 1 fully saturated rings. The number of hydrogen-bond donors (Lipinski definition) is 0. The minimum absolute atomic E-state index is 0.0806. The van der Waals surface area contributed by atoms with Gasteiger partial charge in [0.2, 0.25) is 5.91 Å². The molecule has 2 aromatic heterocycles. The fraction of sp³-hybridized carbons (Fsp3) is 0.500. The zero-order valence-electron chi connectivity index (χ0n) is 12.9. The van der Waals surface area contributed by atoms with E-state index in [1.807, 2.05) is 24.9 Å². The molecule has 118 valence electrons. The highest BCUT2D eigenvalue weighted by Crippen LogP contribution is 2.37. The van der Waals surface area contributed by atoms with E-state index in [1.165, 1.54) is 4.88 Å². The van der Waals surface area contributed by atoms with Crippen molar-refractivity contribution >= 4 is 28.8 Å². The second kappa shape index (κ2) is 6.42. The van der Waals surface area contributed by atoms with E-state index in [9.17, 15) is 4.79 Å². The van der Waals surface area contributed by atoms with E-state index in [4.69, 9.17) is 11.6 Å². The molecule has 1 aliphatic heterocycles. The number of likely N-dealkylation sites (tertiary alicyclic amines) is 1. The lowest BCUT2D eigenvalue weighted by molar-refractivity contribution is -0.132. The molecule has 3 heterocycles. The van der Waals surface area contributed by atoms with Crippen LogP contribution in [0.3, 0.4) is 0 Å². The maximum atomic E-state index is 12.6. The Kier molecular flexibility index (Phi) is 4.54. The van der Waals surface area contributed by atoms with Crippen molar-refractivity contribution in [1.82, 2.24) is 14.7 Å². The highest BCUT2D eigenvalue weighted by Gasteiger charge is 2.33. The lowest BCUT2D eigenvalue weighted by Crippen LogP contribution is -2.31. The van der Waals surface area contributed by atoms with Gasteiger partial charge in [-0.15, -0.1) is 11.3 Å². The number of thiophene rings is 1. The molecule has 22 heavy (non-hydrogen) atoms. The van der Waals surface area contributed by atoms with Gasteiger partial charge in [-0.1, -0.05) is 17.7 Å². The number of aryl methyl sites for hydroxylation is 3. The van der Waals surface area contributed by atoms with E-state index >= 15 is 0 Å². The Labute approximate surface area is 139 Å². The highest BCUT2D eigenvalue weighted by atomic mass is 35.5. The largest absolute Gasteiger partial charge is 0.335 e. The summed E-state index contributed by atoms with van der Waals surface area (Å²) in [6, 6.07) is 4.20. The average Bonchev–Trinajstić information content (AvgIpc) is 3.19. The van der Waals surface area contributed by atoms with Crippen molar-refractivity contribution in [2.24, 2.45) is 7.05 Å². The summed E-state index contributed by atoms with van der Waals surface area (Å²) in [7, 11) is 1.84. The van der Waals surface area contributed by atoms with Gasteiger partial charge in [0.1, 0.15) is 5.15 Å². The van der Waals surface area contributed by atoms with Crippen LogP contribution in [0.4, 0.5) is 0 Å². The molecule has 1 unspecified atom stereocenters. The first-order valence-corrected chi connectivity index (χ1v) is 8.84. The van der Waals surface area contributed by atoms with Crippen molar-refractivity contribution in [3.63, 3.8) is 0 Å². The van der Waals surface area contributed by atoms with Crippen LogP contribution in [0.15, 0.2) is 17.5 Å². The van der Waals surface area contributed by atoms with Gasteiger partial charge in [0, 0.05) is 30.5 Å². The van der Waals surface area contributed by atoms with Crippen LogP contribution in [0.1, 0.15) is 41.4 Å². The molecule has 0 spiro atoms. The summed E-state index contributed by atoms with van der Waals surface area (Å²) in [6.07, 6.45) is 3.38. The van der Waals surface area contributed by atoms with Crippen molar-refractivity contribution in [3.05, 3.63) is 38.8 Å². The smallest absolute Gasteiger partial charge is 0.223 e. The summed E-state index contributed by atoms with van der Waals surface area (Å²) in [5.74, 6) is 0.218. The summed E-state index contributed by atoms with van der Waals surface area (Å²) < 4.78 is 1.69.